The van der Waals surface area contributed by atoms with E-state index in [1.807, 2.05) is 36.2 Å². The Morgan fingerprint density at radius 2 is 2.14 bits per heavy atom. The van der Waals surface area contributed by atoms with Crippen molar-refractivity contribution in [3.05, 3.63) is 53.3 Å². The van der Waals surface area contributed by atoms with Gasteiger partial charge >= 0.3 is 0 Å². The molecule has 5 nitrogen and oxygen atoms in total. The van der Waals surface area contributed by atoms with Gasteiger partial charge in [-0.25, -0.2) is 4.98 Å². The summed E-state index contributed by atoms with van der Waals surface area (Å²) in [6.45, 7) is 0.668. The fraction of sp³-hybridized carbons (Fsp3) is 0.133. The molecule has 1 aromatic carbocycles. The van der Waals surface area contributed by atoms with E-state index in [0.717, 1.165) is 16.2 Å². The second-order valence-electron chi connectivity index (χ2n) is 4.69. The molecule has 2 N–H and O–H groups in total. The van der Waals surface area contributed by atoms with Gasteiger partial charge in [-0.2, -0.15) is 0 Å². The Kier molecular flexibility index (Phi) is 3.53. The van der Waals surface area contributed by atoms with Crippen LogP contribution >= 0.6 is 11.3 Å². The van der Waals surface area contributed by atoms with Crippen LogP contribution in [0, 0.1) is 0 Å². The lowest BCUT2D eigenvalue weighted by atomic mass is 10.3. The van der Waals surface area contributed by atoms with Crippen molar-refractivity contribution >= 4 is 33.1 Å². The molecular weight excluding hydrogens is 284 g/mol. The molecule has 0 radical (unpaired) electrons. The number of fused-ring (bicyclic) bond motifs is 1. The van der Waals surface area contributed by atoms with E-state index in [2.05, 4.69) is 16.0 Å². The van der Waals surface area contributed by atoms with Crippen molar-refractivity contribution in [1.82, 2.24) is 9.97 Å². The summed E-state index contributed by atoms with van der Waals surface area (Å²) in [5.41, 5.74) is 7.42. The summed E-state index contributed by atoms with van der Waals surface area (Å²) in [5.74, 6) is -0.523. The van der Waals surface area contributed by atoms with Gasteiger partial charge in [-0.05, 0) is 24.3 Å². The number of rotatable bonds is 4. The summed E-state index contributed by atoms with van der Waals surface area (Å²) in [5, 5.41) is 1.02. The van der Waals surface area contributed by atoms with E-state index in [-0.39, 0.29) is 5.69 Å². The average Bonchev–Trinajstić information content (AvgIpc) is 2.89. The second-order valence-corrected chi connectivity index (χ2v) is 5.81. The smallest absolute Gasteiger partial charge is 0.267 e. The van der Waals surface area contributed by atoms with Gasteiger partial charge in [-0.3, -0.25) is 9.78 Å². The first-order valence-electron chi connectivity index (χ1n) is 6.45. The van der Waals surface area contributed by atoms with Gasteiger partial charge in [-0.15, -0.1) is 11.3 Å². The lowest BCUT2D eigenvalue weighted by Crippen LogP contribution is -2.18. The molecule has 0 aliphatic heterocycles. The Morgan fingerprint density at radius 3 is 2.90 bits per heavy atom. The number of anilines is 1. The van der Waals surface area contributed by atoms with Gasteiger partial charge in [0.1, 0.15) is 10.7 Å². The number of nitrogens with two attached hydrogens (primary N) is 1. The summed E-state index contributed by atoms with van der Waals surface area (Å²) in [6, 6.07) is 11.6. The van der Waals surface area contributed by atoms with Crippen molar-refractivity contribution in [2.24, 2.45) is 5.73 Å². The van der Waals surface area contributed by atoms with Crippen molar-refractivity contribution in [2.45, 2.75) is 6.54 Å². The third kappa shape index (κ3) is 2.85. The van der Waals surface area contributed by atoms with Crippen LogP contribution in [0.2, 0.25) is 0 Å². The maximum atomic E-state index is 11.2. The molecule has 2 aromatic heterocycles. The monoisotopic (exact) mass is 298 g/mol. The number of para-hydroxylation sites is 1. The fourth-order valence-electron chi connectivity index (χ4n) is 2.07. The molecule has 3 rings (SSSR count). The molecule has 0 aliphatic rings. The van der Waals surface area contributed by atoms with E-state index in [1.165, 1.54) is 4.70 Å². The van der Waals surface area contributed by atoms with E-state index in [4.69, 9.17) is 5.73 Å². The number of pyridine rings is 1. The van der Waals surface area contributed by atoms with Crippen LogP contribution in [0.15, 0.2) is 42.6 Å². The largest absolute Gasteiger partial charge is 0.368 e. The number of aromatic nitrogens is 2. The van der Waals surface area contributed by atoms with Gasteiger partial charge in [0.2, 0.25) is 0 Å². The van der Waals surface area contributed by atoms with Gasteiger partial charge in [-0.1, -0.05) is 12.1 Å². The van der Waals surface area contributed by atoms with E-state index in [0.29, 0.717) is 6.54 Å². The van der Waals surface area contributed by atoms with E-state index in [1.54, 1.807) is 23.6 Å². The summed E-state index contributed by atoms with van der Waals surface area (Å²) >= 11 is 1.67. The minimum absolute atomic E-state index is 0.267. The van der Waals surface area contributed by atoms with Crippen molar-refractivity contribution in [1.29, 1.82) is 0 Å². The number of primary amides is 1. The highest BCUT2D eigenvalue weighted by Gasteiger charge is 2.09. The number of nitrogens with zero attached hydrogens (tertiary/aromatic N) is 3. The molecule has 3 aromatic rings. The molecule has 0 unspecified atom stereocenters. The first-order valence-corrected chi connectivity index (χ1v) is 7.26. The van der Waals surface area contributed by atoms with Gasteiger partial charge in [0.05, 0.1) is 16.8 Å². The Morgan fingerprint density at radius 1 is 1.33 bits per heavy atom. The molecule has 21 heavy (non-hydrogen) atoms. The lowest BCUT2D eigenvalue weighted by molar-refractivity contribution is 0.0995. The number of hydrogen-bond acceptors (Lipinski definition) is 5. The summed E-state index contributed by atoms with van der Waals surface area (Å²) < 4.78 is 1.17. The van der Waals surface area contributed by atoms with Crippen molar-refractivity contribution in [3.63, 3.8) is 0 Å². The predicted molar refractivity (Wildman–Crippen MR) is 84.5 cm³/mol. The van der Waals surface area contributed by atoms with Gasteiger partial charge < -0.3 is 10.6 Å². The van der Waals surface area contributed by atoms with E-state index >= 15 is 0 Å². The van der Waals surface area contributed by atoms with Crippen LogP contribution in [0.1, 0.15) is 15.5 Å². The van der Waals surface area contributed by atoms with Crippen LogP contribution in [0.4, 0.5) is 5.69 Å². The normalized spacial score (nSPS) is 10.7. The minimum atomic E-state index is -0.523. The van der Waals surface area contributed by atoms with Crippen LogP contribution < -0.4 is 10.6 Å². The number of hydrogen-bond donors (Lipinski definition) is 1. The zero-order valence-corrected chi connectivity index (χ0v) is 12.3. The van der Waals surface area contributed by atoms with Crippen molar-refractivity contribution < 1.29 is 4.79 Å². The first-order chi connectivity index (χ1) is 10.1. The molecule has 6 heteroatoms. The fourth-order valence-corrected chi connectivity index (χ4v) is 3.09. The number of carbonyl (C=O) groups excluding carboxylic acids is 1. The first kappa shape index (κ1) is 13.5. The van der Waals surface area contributed by atoms with Gasteiger partial charge in [0.15, 0.2) is 0 Å². The lowest BCUT2D eigenvalue weighted by Gasteiger charge is -2.17. The third-order valence-electron chi connectivity index (χ3n) is 3.15. The summed E-state index contributed by atoms with van der Waals surface area (Å²) in [7, 11) is 1.95. The maximum Gasteiger partial charge on any atom is 0.267 e. The number of amides is 1. The van der Waals surface area contributed by atoms with Crippen molar-refractivity contribution in [2.75, 3.05) is 11.9 Å². The second kappa shape index (κ2) is 5.49. The minimum Gasteiger partial charge on any atom is -0.368 e. The van der Waals surface area contributed by atoms with E-state index in [9.17, 15) is 4.79 Å². The molecule has 1 amide bonds. The number of carbonyl (C=O) groups is 1. The molecular formula is C15H14N4OS. The Hall–Kier alpha value is -2.47. The molecule has 0 fully saturated rings. The molecule has 0 aliphatic carbocycles. The zero-order chi connectivity index (χ0) is 14.8. The van der Waals surface area contributed by atoms with Crippen LogP contribution in [0.25, 0.3) is 10.2 Å². The number of thiazole rings is 1. The number of benzene rings is 1. The Labute approximate surface area is 126 Å². The van der Waals surface area contributed by atoms with E-state index < -0.39 is 5.91 Å². The van der Waals surface area contributed by atoms with Crippen LogP contribution in [-0.4, -0.2) is 22.9 Å². The van der Waals surface area contributed by atoms with Crippen LogP contribution in [-0.2, 0) is 6.54 Å². The summed E-state index contributed by atoms with van der Waals surface area (Å²) in [6.07, 6.45) is 1.59. The molecule has 2 heterocycles. The van der Waals surface area contributed by atoms with Crippen LogP contribution in [0.3, 0.4) is 0 Å². The SMILES string of the molecule is CN(Cc1nc2ccccc2s1)c1ccnc(C(N)=O)c1. The molecule has 0 atom stereocenters. The zero-order valence-electron chi connectivity index (χ0n) is 11.5. The Balaban J connectivity index is 1.83. The topological polar surface area (TPSA) is 72.1 Å². The molecule has 0 saturated heterocycles. The molecule has 0 saturated carbocycles. The maximum absolute atomic E-state index is 11.2. The highest BCUT2D eigenvalue weighted by Crippen LogP contribution is 2.24. The quantitative estimate of drug-likeness (QED) is 0.803. The van der Waals surface area contributed by atoms with Crippen molar-refractivity contribution in [3.8, 4) is 0 Å². The Bertz CT molecular complexity index is 766. The highest BCUT2D eigenvalue weighted by molar-refractivity contribution is 7.18. The highest BCUT2D eigenvalue weighted by atomic mass is 32.1. The van der Waals surface area contributed by atoms with Gasteiger partial charge in [0, 0.05) is 18.9 Å². The molecule has 0 bridgehead atoms. The predicted octanol–water partition coefficient (Wildman–Crippen LogP) is 2.43. The standard InChI is InChI=1S/C15H14N4OS/c1-19(10-6-7-17-12(8-10)15(16)20)9-14-18-11-4-2-3-5-13(11)21-14/h2-8H,9H2,1H3,(H2,16,20). The molecule has 0 spiro atoms. The van der Waals surface area contributed by atoms with Gasteiger partial charge in [0.25, 0.3) is 5.91 Å². The average molecular weight is 298 g/mol. The van der Waals surface area contributed by atoms with Crippen LogP contribution in [0.5, 0.6) is 0 Å². The molecule has 106 valence electrons. The summed E-state index contributed by atoms with van der Waals surface area (Å²) in [4.78, 5) is 21.8. The third-order valence-corrected chi connectivity index (χ3v) is 4.17.